The smallest absolute Gasteiger partial charge is 0.253 e. The summed E-state index contributed by atoms with van der Waals surface area (Å²) in [6, 6.07) is 28.4. The summed E-state index contributed by atoms with van der Waals surface area (Å²) < 4.78 is 0. The molecule has 156 valence electrons. The molecule has 1 heterocycles. The number of aromatic amines is 1. The molecule has 0 saturated carbocycles. The van der Waals surface area contributed by atoms with E-state index in [2.05, 4.69) is 40.6 Å². The minimum absolute atomic E-state index is 0.0815. The molecule has 0 aliphatic rings. The molecular formula is C26H25N3OS. The lowest BCUT2D eigenvalue weighted by molar-refractivity contribution is 0.397. The number of fused-ring (bicyclic) bond motifs is 1. The average molecular weight is 428 g/mol. The second-order valence-corrected chi connectivity index (χ2v) is 8.09. The van der Waals surface area contributed by atoms with E-state index in [1.54, 1.807) is 0 Å². The van der Waals surface area contributed by atoms with Crippen molar-refractivity contribution in [1.29, 1.82) is 0 Å². The number of thiocarbonyl (C=S) groups is 1. The Morgan fingerprint density at radius 1 is 0.903 bits per heavy atom. The van der Waals surface area contributed by atoms with E-state index in [0.29, 0.717) is 30.3 Å². The second-order valence-electron chi connectivity index (χ2n) is 7.70. The molecule has 0 atom stereocenters. The zero-order chi connectivity index (χ0) is 21.6. The lowest BCUT2D eigenvalue weighted by Crippen LogP contribution is -2.39. The van der Waals surface area contributed by atoms with Gasteiger partial charge in [0.25, 0.3) is 5.56 Å². The Balaban J connectivity index is 1.58. The van der Waals surface area contributed by atoms with Crippen molar-refractivity contribution in [1.82, 2.24) is 15.2 Å². The van der Waals surface area contributed by atoms with Crippen molar-refractivity contribution in [3.05, 3.63) is 118 Å². The van der Waals surface area contributed by atoms with Crippen molar-refractivity contribution >= 4 is 28.2 Å². The Hall–Kier alpha value is -3.44. The highest BCUT2D eigenvalue weighted by Crippen LogP contribution is 2.15. The molecular weight excluding hydrogens is 402 g/mol. The summed E-state index contributed by atoms with van der Waals surface area (Å²) in [5.74, 6) is 0. The Morgan fingerprint density at radius 3 is 2.29 bits per heavy atom. The van der Waals surface area contributed by atoms with Gasteiger partial charge in [-0.3, -0.25) is 4.79 Å². The number of rotatable bonds is 6. The van der Waals surface area contributed by atoms with E-state index in [9.17, 15) is 4.79 Å². The number of aryl methyl sites for hydroxylation is 1. The maximum absolute atomic E-state index is 12.8. The predicted octanol–water partition coefficient (Wildman–Crippen LogP) is 4.91. The van der Waals surface area contributed by atoms with Crippen molar-refractivity contribution in [2.45, 2.75) is 26.6 Å². The maximum Gasteiger partial charge on any atom is 0.253 e. The third kappa shape index (κ3) is 5.38. The Morgan fingerprint density at radius 2 is 1.58 bits per heavy atom. The van der Waals surface area contributed by atoms with Crippen LogP contribution >= 0.6 is 12.2 Å². The fourth-order valence-corrected chi connectivity index (χ4v) is 3.77. The van der Waals surface area contributed by atoms with E-state index in [4.69, 9.17) is 12.2 Å². The maximum atomic E-state index is 12.8. The molecule has 0 aliphatic carbocycles. The van der Waals surface area contributed by atoms with Crippen LogP contribution in [0, 0.1) is 6.92 Å². The van der Waals surface area contributed by atoms with Crippen LogP contribution < -0.4 is 10.9 Å². The number of nitrogens with zero attached hydrogens (tertiary/aromatic N) is 1. The number of H-pyrrole nitrogens is 1. The van der Waals surface area contributed by atoms with E-state index >= 15 is 0 Å². The van der Waals surface area contributed by atoms with Crippen LogP contribution in [-0.2, 0) is 19.6 Å². The quantitative estimate of drug-likeness (QED) is 0.429. The van der Waals surface area contributed by atoms with Crippen molar-refractivity contribution in [3.63, 3.8) is 0 Å². The first kappa shape index (κ1) is 20.8. The Bertz CT molecular complexity index is 1240. The second kappa shape index (κ2) is 9.58. The Kier molecular flexibility index (Phi) is 6.43. The first-order valence-corrected chi connectivity index (χ1v) is 10.7. The van der Waals surface area contributed by atoms with Crippen LogP contribution in [0.3, 0.4) is 0 Å². The van der Waals surface area contributed by atoms with Crippen LogP contribution in [0.2, 0.25) is 0 Å². The van der Waals surface area contributed by atoms with Gasteiger partial charge < -0.3 is 15.2 Å². The number of pyridine rings is 1. The van der Waals surface area contributed by atoms with E-state index in [1.807, 2.05) is 66.4 Å². The van der Waals surface area contributed by atoms with Gasteiger partial charge in [-0.05, 0) is 53.4 Å². The SMILES string of the molecule is Cc1ccc2cc(CN(Cc3ccccc3)C(=S)NCc3ccccc3)c(=O)[nH]c2c1. The third-order valence-electron chi connectivity index (χ3n) is 5.23. The summed E-state index contributed by atoms with van der Waals surface area (Å²) in [6.07, 6.45) is 0. The fourth-order valence-electron chi connectivity index (χ4n) is 3.57. The van der Waals surface area contributed by atoms with E-state index in [1.165, 1.54) is 0 Å². The van der Waals surface area contributed by atoms with Gasteiger partial charge >= 0.3 is 0 Å². The molecule has 0 saturated heterocycles. The summed E-state index contributed by atoms with van der Waals surface area (Å²) in [6.45, 7) is 3.70. The topological polar surface area (TPSA) is 48.1 Å². The summed E-state index contributed by atoms with van der Waals surface area (Å²) in [7, 11) is 0. The van der Waals surface area contributed by atoms with Crippen molar-refractivity contribution in [3.8, 4) is 0 Å². The first-order chi connectivity index (χ1) is 15.1. The monoisotopic (exact) mass is 427 g/mol. The third-order valence-corrected chi connectivity index (χ3v) is 5.63. The van der Waals surface area contributed by atoms with Crippen LogP contribution in [0.1, 0.15) is 22.3 Å². The van der Waals surface area contributed by atoms with Gasteiger partial charge in [-0.1, -0.05) is 72.8 Å². The number of nitrogens with one attached hydrogen (secondary N) is 2. The van der Waals surface area contributed by atoms with Crippen LogP contribution in [-0.4, -0.2) is 15.0 Å². The van der Waals surface area contributed by atoms with Gasteiger partial charge in [-0.25, -0.2) is 0 Å². The van der Waals surface area contributed by atoms with Gasteiger partial charge in [0, 0.05) is 24.2 Å². The lowest BCUT2D eigenvalue weighted by Gasteiger charge is -2.26. The molecule has 4 nitrogen and oxygen atoms in total. The van der Waals surface area contributed by atoms with Gasteiger partial charge in [0.15, 0.2) is 5.11 Å². The van der Waals surface area contributed by atoms with E-state index in [0.717, 1.165) is 27.6 Å². The molecule has 1 aromatic heterocycles. The van der Waals surface area contributed by atoms with Gasteiger partial charge in [-0.15, -0.1) is 0 Å². The lowest BCUT2D eigenvalue weighted by atomic mass is 10.1. The number of hydrogen-bond donors (Lipinski definition) is 2. The zero-order valence-corrected chi connectivity index (χ0v) is 18.3. The largest absolute Gasteiger partial charge is 0.358 e. The van der Waals surface area contributed by atoms with E-state index < -0.39 is 0 Å². The molecule has 4 aromatic rings. The molecule has 0 bridgehead atoms. The summed E-state index contributed by atoms with van der Waals surface area (Å²) >= 11 is 5.73. The van der Waals surface area contributed by atoms with Crippen molar-refractivity contribution in [2.75, 3.05) is 0 Å². The predicted molar refractivity (Wildman–Crippen MR) is 131 cm³/mol. The van der Waals surface area contributed by atoms with E-state index in [-0.39, 0.29) is 5.56 Å². The van der Waals surface area contributed by atoms with Crippen molar-refractivity contribution < 1.29 is 0 Å². The summed E-state index contributed by atoms with van der Waals surface area (Å²) in [4.78, 5) is 17.8. The highest BCUT2D eigenvalue weighted by atomic mass is 32.1. The van der Waals surface area contributed by atoms with Gasteiger partial charge in [-0.2, -0.15) is 0 Å². The molecule has 3 aromatic carbocycles. The van der Waals surface area contributed by atoms with Gasteiger partial charge in [0.05, 0.1) is 6.54 Å². The average Bonchev–Trinajstić information content (AvgIpc) is 2.79. The normalized spacial score (nSPS) is 10.7. The van der Waals surface area contributed by atoms with Crippen LogP contribution in [0.4, 0.5) is 0 Å². The standard InChI is InChI=1S/C26H25N3OS/c1-19-12-13-22-15-23(25(30)28-24(22)14-19)18-29(17-21-10-6-3-7-11-21)26(31)27-16-20-8-4-2-5-9-20/h2-15H,16-18H2,1H3,(H,27,31)(H,28,30). The molecule has 0 spiro atoms. The minimum Gasteiger partial charge on any atom is -0.358 e. The molecule has 0 aliphatic heterocycles. The van der Waals surface area contributed by atoms with Crippen LogP contribution in [0.15, 0.2) is 89.7 Å². The van der Waals surface area contributed by atoms with Crippen molar-refractivity contribution in [2.24, 2.45) is 0 Å². The number of hydrogen-bond acceptors (Lipinski definition) is 2. The molecule has 4 rings (SSSR count). The molecule has 0 fully saturated rings. The molecule has 31 heavy (non-hydrogen) atoms. The highest BCUT2D eigenvalue weighted by molar-refractivity contribution is 7.80. The Labute approximate surface area is 187 Å². The molecule has 0 amide bonds. The highest BCUT2D eigenvalue weighted by Gasteiger charge is 2.14. The van der Waals surface area contributed by atoms with Crippen LogP contribution in [0.25, 0.3) is 10.9 Å². The summed E-state index contributed by atoms with van der Waals surface area (Å²) in [5, 5.41) is 4.99. The zero-order valence-electron chi connectivity index (χ0n) is 17.5. The number of aromatic nitrogens is 1. The molecule has 5 heteroatoms. The van der Waals surface area contributed by atoms with Gasteiger partial charge in [0.2, 0.25) is 0 Å². The first-order valence-electron chi connectivity index (χ1n) is 10.3. The number of benzene rings is 3. The fraction of sp³-hybridized carbons (Fsp3) is 0.154. The molecule has 0 unspecified atom stereocenters. The molecule has 2 N–H and O–H groups in total. The van der Waals surface area contributed by atoms with Crippen LogP contribution in [0.5, 0.6) is 0 Å². The molecule has 0 radical (unpaired) electrons. The minimum atomic E-state index is -0.0815. The van der Waals surface area contributed by atoms with Gasteiger partial charge in [0.1, 0.15) is 0 Å². The summed E-state index contributed by atoms with van der Waals surface area (Å²) in [5.41, 5.74) is 4.88.